The van der Waals surface area contributed by atoms with E-state index < -0.39 is 17.8 Å². The first-order valence-corrected chi connectivity index (χ1v) is 13.4. The van der Waals surface area contributed by atoms with Crippen molar-refractivity contribution in [2.75, 3.05) is 30.6 Å². The summed E-state index contributed by atoms with van der Waals surface area (Å²) in [7, 11) is 1.45. The van der Waals surface area contributed by atoms with Gasteiger partial charge in [0.15, 0.2) is 18.1 Å². The van der Waals surface area contributed by atoms with Crippen molar-refractivity contribution in [1.29, 1.82) is 0 Å². The molecule has 0 bridgehead atoms. The first kappa shape index (κ1) is 30.0. The molecule has 4 rings (SSSR count). The van der Waals surface area contributed by atoms with Gasteiger partial charge in [0.2, 0.25) is 0 Å². The Morgan fingerprint density at radius 1 is 1.05 bits per heavy atom. The lowest BCUT2D eigenvalue weighted by molar-refractivity contribution is -0.118. The Bertz CT molecular complexity index is 1600. The van der Waals surface area contributed by atoms with Gasteiger partial charge in [0.1, 0.15) is 0 Å². The molecule has 1 heterocycles. The predicted molar refractivity (Wildman–Crippen MR) is 159 cm³/mol. The molecule has 216 valence electrons. The molecular weight excluding hydrogens is 610 g/mol. The molecule has 3 aromatic rings. The zero-order valence-corrected chi connectivity index (χ0v) is 24.4. The number of hydrazone groups is 1. The molecule has 2 N–H and O–H groups in total. The van der Waals surface area contributed by atoms with Crippen molar-refractivity contribution in [1.82, 2.24) is 0 Å². The third-order valence-electron chi connectivity index (χ3n) is 6.01. The topological polar surface area (TPSA) is 144 Å². The highest BCUT2D eigenvalue weighted by Gasteiger charge is 2.29. The van der Waals surface area contributed by atoms with Crippen LogP contribution >= 0.6 is 15.9 Å². The minimum Gasteiger partial charge on any atom is -0.493 e. The van der Waals surface area contributed by atoms with Gasteiger partial charge in [-0.05, 0) is 102 Å². The first-order chi connectivity index (χ1) is 20.1. The fourth-order valence-corrected chi connectivity index (χ4v) is 4.55. The highest BCUT2D eigenvalue weighted by Crippen LogP contribution is 2.38. The molecule has 0 atom stereocenters. The average Bonchev–Trinajstić information content (AvgIpc) is 3.25. The van der Waals surface area contributed by atoms with E-state index in [1.807, 2.05) is 0 Å². The number of ether oxygens (including phenoxy) is 3. The summed E-state index contributed by atoms with van der Waals surface area (Å²) in [6.45, 7) is 3.36. The van der Waals surface area contributed by atoms with Crippen molar-refractivity contribution < 1.29 is 38.5 Å². The summed E-state index contributed by atoms with van der Waals surface area (Å²) >= 11 is 3.45. The third kappa shape index (κ3) is 6.84. The van der Waals surface area contributed by atoms with Crippen LogP contribution in [0.25, 0.3) is 6.08 Å². The van der Waals surface area contributed by atoms with Crippen molar-refractivity contribution in [3.05, 3.63) is 87.4 Å². The molecule has 0 fully saturated rings. The van der Waals surface area contributed by atoms with Gasteiger partial charge < -0.3 is 24.6 Å². The number of nitrogens with one attached hydrogen (secondary N) is 1. The molecule has 0 aliphatic carbocycles. The van der Waals surface area contributed by atoms with Gasteiger partial charge in [-0.1, -0.05) is 0 Å². The molecular formula is C30H26BrN3O8. The third-order valence-corrected chi connectivity index (χ3v) is 6.60. The number of rotatable bonds is 10. The van der Waals surface area contributed by atoms with E-state index in [1.54, 1.807) is 56.3 Å². The number of hydrogen-bond acceptors (Lipinski definition) is 8. The molecule has 0 aromatic heterocycles. The predicted octanol–water partition coefficient (Wildman–Crippen LogP) is 5.16. The van der Waals surface area contributed by atoms with E-state index in [1.165, 1.54) is 36.4 Å². The van der Waals surface area contributed by atoms with Gasteiger partial charge in [0.05, 0.1) is 46.3 Å². The maximum Gasteiger partial charge on any atom is 0.338 e. The second kappa shape index (κ2) is 13.1. The maximum absolute atomic E-state index is 13.1. The van der Waals surface area contributed by atoms with Gasteiger partial charge >= 0.3 is 11.9 Å². The number of hydrogen-bond donors (Lipinski definition) is 2. The monoisotopic (exact) mass is 635 g/mol. The van der Waals surface area contributed by atoms with Crippen LogP contribution in [0.15, 0.2) is 75.8 Å². The Morgan fingerprint density at radius 2 is 1.71 bits per heavy atom. The Balaban J connectivity index is 1.44. The summed E-state index contributed by atoms with van der Waals surface area (Å²) in [5.41, 5.74) is 2.82. The summed E-state index contributed by atoms with van der Waals surface area (Å²) in [4.78, 5) is 48.6. The lowest BCUT2D eigenvalue weighted by Gasteiger charge is -2.14. The maximum atomic E-state index is 13.1. The molecule has 12 heteroatoms. The minimum absolute atomic E-state index is 0.100. The molecule has 0 spiro atoms. The van der Waals surface area contributed by atoms with Crippen LogP contribution in [-0.4, -0.2) is 54.9 Å². The van der Waals surface area contributed by atoms with Crippen LogP contribution < -0.4 is 19.8 Å². The van der Waals surface area contributed by atoms with Crippen molar-refractivity contribution in [2.24, 2.45) is 5.10 Å². The van der Waals surface area contributed by atoms with Crippen LogP contribution in [0.2, 0.25) is 0 Å². The zero-order valence-electron chi connectivity index (χ0n) is 22.8. The summed E-state index contributed by atoms with van der Waals surface area (Å²) in [5, 5.41) is 17.3. The largest absolute Gasteiger partial charge is 0.493 e. The second-order valence-electron chi connectivity index (χ2n) is 8.88. The number of carbonyl (C=O) groups excluding carboxylic acids is 3. The highest BCUT2D eigenvalue weighted by atomic mass is 79.9. The number of methoxy groups -OCH3 is 1. The highest BCUT2D eigenvalue weighted by molar-refractivity contribution is 9.10. The lowest BCUT2D eigenvalue weighted by Crippen LogP contribution is -2.21. The van der Waals surface area contributed by atoms with Gasteiger partial charge in [-0.25, -0.2) is 9.59 Å². The van der Waals surface area contributed by atoms with E-state index in [4.69, 9.17) is 19.3 Å². The molecule has 3 aromatic carbocycles. The first-order valence-electron chi connectivity index (χ1n) is 12.6. The van der Waals surface area contributed by atoms with Crippen molar-refractivity contribution in [3.63, 3.8) is 0 Å². The second-order valence-corrected chi connectivity index (χ2v) is 9.74. The Hall–Kier alpha value is -4.97. The minimum atomic E-state index is -1.07. The number of anilines is 2. The number of aromatic carboxylic acids is 1. The molecule has 2 amide bonds. The fraction of sp³-hybridized carbons (Fsp3) is 0.167. The molecule has 0 saturated carbocycles. The molecule has 0 unspecified atom stereocenters. The molecule has 11 nitrogen and oxygen atoms in total. The Morgan fingerprint density at radius 3 is 2.33 bits per heavy atom. The Kier molecular flexibility index (Phi) is 9.38. The molecule has 42 heavy (non-hydrogen) atoms. The number of esters is 1. The standard InChI is InChI=1S/C30H26BrN3O8/c1-4-41-30(39)20-5-9-21(10-6-20)32-26(35)16-42-27-24(31)14-18(15-25(27)40-3)13-23-17(2)33-34(28(23)36)22-11-7-19(8-12-22)29(37)38/h5-15H,4,16H2,1-3H3,(H,32,35)(H,37,38). The molecule has 1 aliphatic heterocycles. The number of carboxylic acid groups (broad SMARTS) is 1. The summed E-state index contributed by atoms with van der Waals surface area (Å²) in [6.07, 6.45) is 1.65. The van der Waals surface area contributed by atoms with E-state index in [9.17, 15) is 19.2 Å². The summed E-state index contributed by atoms with van der Waals surface area (Å²) in [5.74, 6) is -1.71. The number of amides is 2. The summed E-state index contributed by atoms with van der Waals surface area (Å²) < 4.78 is 16.7. The van der Waals surface area contributed by atoms with Gasteiger partial charge in [0, 0.05) is 5.69 Å². The van der Waals surface area contributed by atoms with E-state index in [-0.39, 0.29) is 30.4 Å². The zero-order chi connectivity index (χ0) is 30.4. The quantitative estimate of drug-likeness (QED) is 0.230. The van der Waals surface area contributed by atoms with Crippen molar-refractivity contribution in [3.8, 4) is 11.5 Å². The van der Waals surface area contributed by atoms with Crippen LogP contribution in [0.4, 0.5) is 11.4 Å². The van der Waals surface area contributed by atoms with Gasteiger partial charge in [-0.2, -0.15) is 10.1 Å². The van der Waals surface area contributed by atoms with Crippen LogP contribution in [-0.2, 0) is 14.3 Å². The fourth-order valence-electron chi connectivity index (χ4n) is 3.97. The molecule has 0 radical (unpaired) electrons. The normalized spacial score (nSPS) is 13.5. The van der Waals surface area contributed by atoms with E-state index in [2.05, 4.69) is 26.3 Å². The molecule has 1 aliphatic rings. The number of carboxylic acids is 1. The van der Waals surface area contributed by atoms with E-state index >= 15 is 0 Å². The average molecular weight is 636 g/mol. The van der Waals surface area contributed by atoms with Crippen LogP contribution in [0, 0.1) is 0 Å². The van der Waals surface area contributed by atoms with Gasteiger partial charge in [-0.3, -0.25) is 9.59 Å². The smallest absolute Gasteiger partial charge is 0.338 e. The number of halogens is 1. The SMILES string of the molecule is CCOC(=O)c1ccc(NC(=O)COc2c(Br)cc(C=C3C(=O)N(c4ccc(C(=O)O)cc4)N=C3C)cc2OC)cc1. The lowest BCUT2D eigenvalue weighted by atomic mass is 10.1. The van der Waals surface area contributed by atoms with Crippen molar-refractivity contribution >= 4 is 62.8 Å². The van der Waals surface area contributed by atoms with E-state index in [0.717, 1.165) is 0 Å². The molecule has 0 saturated heterocycles. The number of carbonyl (C=O) groups is 4. The number of nitrogens with zero attached hydrogens (tertiary/aromatic N) is 2. The van der Waals surface area contributed by atoms with Crippen LogP contribution in [0.1, 0.15) is 40.1 Å². The Labute approximate surface area is 249 Å². The van der Waals surface area contributed by atoms with Gasteiger partial charge in [0.25, 0.3) is 11.8 Å². The summed E-state index contributed by atoms with van der Waals surface area (Å²) in [6, 6.07) is 15.5. The van der Waals surface area contributed by atoms with Crippen LogP contribution in [0.3, 0.4) is 0 Å². The number of benzene rings is 3. The van der Waals surface area contributed by atoms with E-state index in [0.29, 0.717) is 44.0 Å². The van der Waals surface area contributed by atoms with Crippen molar-refractivity contribution in [2.45, 2.75) is 13.8 Å². The van der Waals surface area contributed by atoms with Gasteiger partial charge in [-0.15, -0.1) is 0 Å². The van der Waals surface area contributed by atoms with Crippen LogP contribution in [0.5, 0.6) is 11.5 Å².